The number of hydrogen-bond acceptors (Lipinski definition) is 5. The first-order chi connectivity index (χ1) is 12.6. The van der Waals surface area contributed by atoms with Gasteiger partial charge in [-0.05, 0) is 42.0 Å². The molecule has 2 saturated heterocycles. The van der Waals surface area contributed by atoms with Crippen LogP contribution in [-0.2, 0) is 4.79 Å². The predicted octanol–water partition coefficient (Wildman–Crippen LogP) is 3.29. The second-order valence-corrected chi connectivity index (χ2v) is 7.15. The fourth-order valence-electron chi connectivity index (χ4n) is 3.28. The zero-order valence-electron chi connectivity index (χ0n) is 14.4. The molecule has 134 valence electrons. The molecule has 2 aliphatic heterocycles. The Morgan fingerprint density at radius 2 is 1.50 bits per heavy atom. The molecule has 0 radical (unpaired) electrons. The van der Waals surface area contributed by atoms with Crippen LogP contribution in [0.25, 0.3) is 0 Å². The van der Waals surface area contributed by atoms with Crippen LogP contribution in [0, 0.1) is 0 Å². The molecule has 1 unspecified atom stereocenters. The van der Waals surface area contributed by atoms with Gasteiger partial charge in [-0.2, -0.15) is 0 Å². The van der Waals surface area contributed by atoms with Crippen LogP contribution < -0.4 is 14.4 Å². The Morgan fingerprint density at radius 1 is 0.923 bits per heavy atom. The molecular weight excluding hydrogens is 352 g/mol. The number of amides is 3. The third kappa shape index (κ3) is 2.59. The lowest BCUT2D eigenvalue weighted by Gasteiger charge is -2.23. The number of carbonyl (C=O) groups is 2. The quantitative estimate of drug-likeness (QED) is 0.773. The number of carbonyl (C=O) groups excluding carboxylic acids is 2. The number of urea groups is 1. The van der Waals surface area contributed by atoms with Crippen molar-refractivity contribution in [2.75, 3.05) is 24.9 Å². The van der Waals surface area contributed by atoms with E-state index >= 15 is 0 Å². The average Bonchev–Trinajstić information content (AvgIpc) is 3.22. The third-order valence-electron chi connectivity index (χ3n) is 4.65. The molecule has 6 nitrogen and oxygen atoms in total. The van der Waals surface area contributed by atoms with Gasteiger partial charge in [-0.25, -0.2) is 9.69 Å². The molecule has 3 amide bonds. The van der Waals surface area contributed by atoms with Crippen LogP contribution in [0.15, 0.2) is 48.5 Å². The van der Waals surface area contributed by atoms with E-state index in [2.05, 4.69) is 0 Å². The fourth-order valence-corrected chi connectivity index (χ4v) is 4.70. The second kappa shape index (κ2) is 6.57. The van der Waals surface area contributed by atoms with Gasteiger partial charge in [0.15, 0.2) is 0 Å². The van der Waals surface area contributed by atoms with Crippen molar-refractivity contribution in [1.82, 2.24) is 4.90 Å². The largest absolute Gasteiger partial charge is 0.497 e. The molecule has 0 aromatic heterocycles. The molecule has 2 aromatic rings. The van der Waals surface area contributed by atoms with Crippen molar-refractivity contribution in [2.24, 2.45) is 0 Å². The van der Waals surface area contributed by atoms with Gasteiger partial charge in [0.05, 0.1) is 19.9 Å². The lowest BCUT2D eigenvalue weighted by atomic mass is 10.2. The van der Waals surface area contributed by atoms with Crippen molar-refractivity contribution in [3.8, 4) is 11.5 Å². The molecule has 4 rings (SSSR count). The van der Waals surface area contributed by atoms with E-state index in [1.165, 1.54) is 4.90 Å². The van der Waals surface area contributed by atoms with Crippen molar-refractivity contribution >= 4 is 29.4 Å². The van der Waals surface area contributed by atoms with E-state index in [-0.39, 0.29) is 17.3 Å². The highest BCUT2D eigenvalue weighted by molar-refractivity contribution is 7.99. The van der Waals surface area contributed by atoms with Crippen LogP contribution in [0.2, 0.25) is 0 Å². The molecule has 2 aliphatic rings. The van der Waals surface area contributed by atoms with Gasteiger partial charge in [-0.3, -0.25) is 9.69 Å². The number of rotatable bonds is 4. The first-order valence-corrected chi connectivity index (χ1v) is 9.25. The average molecular weight is 370 g/mol. The van der Waals surface area contributed by atoms with Gasteiger partial charge in [0, 0.05) is 5.75 Å². The van der Waals surface area contributed by atoms with Crippen molar-refractivity contribution < 1.29 is 19.1 Å². The molecule has 7 heteroatoms. The van der Waals surface area contributed by atoms with Crippen molar-refractivity contribution in [3.63, 3.8) is 0 Å². The van der Waals surface area contributed by atoms with Crippen molar-refractivity contribution in [1.29, 1.82) is 0 Å². The van der Waals surface area contributed by atoms with Gasteiger partial charge in [-0.1, -0.05) is 12.1 Å². The molecule has 0 N–H and O–H groups in total. The summed E-state index contributed by atoms with van der Waals surface area (Å²) < 4.78 is 10.3. The SMILES string of the molecule is COc1ccc(C2SC[C@H]3C(=O)N(c4ccc(OC)cc4)C(=O)N23)cc1. The van der Waals surface area contributed by atoms with Gasteiger partial charge in [0.1, 0.15) is 22.9 Å². The topological polar surface area (TPSA) is 59.1 Å². The summed E-state index contributed by atoms with van der Waals surface area (Å²) in [6, 6.07) is 13.8. The standard InChI is InChI=1S/C19H18N2O4S/c1-24-14-7-3-12(4-8-14)18-21-16(11-26-18)17(22)20(19(21)23)13-5-9-15(25-2)10-6-13/h3-10,16,18H,11H2,1-2H3/t16-,18?/m0/s1. The smallest absolute Gasteiger partial charge is 0.333 e. The fraction of sp³-hybridized carbons (Fsp3) is 0.263. The van der Waals surface area contributed by atoms with E-state index in [1.807, 2.05) is 24.3 Å². The van der Waals surface area contributed by atoms with Gasteiger partial charge in [-0.15, -0.1) is 11.8 Å². The molecule has 2 heterocycles. The van der Waals surface area contributed by atoms with Crippen LogP contribution in [-0.4, -0.2) is 42.9 Å². The first kappa shape index (κ1) is 16.8. The summed E-state index contributed by atoms with van der Waals surface area (Å²) in [4.78, 5) is 28.8. The Balaban J connectivity index is 1.62. The number of ether oxygens (including phenoxy) is 2. The minimum Gasteiger partial charge on any atom is -0.497 e. The summed E-state index contributed by atoms with van der Waals surface area (Å²) in [5.41, 5.74) is 1.55. The van der Waals surface area contributed by atoms with Crippen LogP contribution in [0.5, 0.6) is 11.5 Å². The minimum absolute atomic E-state index is 0.175. The van der Waals surface area contributed by atoms with Gasteiger partial charge >= 0.3 is 6.03 Å². The number of thioether (sulfide) groups is 1. The molecule has 0 bridgehead atoms. The number of anilines is 1. The number of fused-ring (bicyclic) bond motifs is 1. The maximum atomic E-state index is 13.0. The monoisotopic (exact) mass is 370 g/mol. The van der Waals surface area contributed by atoms with Crippen LogP contribution in [0.3, 0.4) is 0 Å². The van der Waals surface area contributed by atoms with Crippen molar-refractivity contribution in [2.45, 2.75) is 11.4 Å². The molecule has 26 heavy (non-hydrogen) atoms. The number of imide groups is 1. The van der Waals surface area contributed by atoms with Crippen molar-refractivity contribution in [3.05, 3.63) is 54.1 Å². The molecule has 0 aliphatic carbocycles. The van der Waals surface area contributed by atoms with Gasteiger partial charge < -0.3 is 9.47 Å². The minimum atomic E-state index is -0.429. The summed E-state index contributed by atoms with van der Waals surface area (Å²) in [6.07, 6.45) is 0. The van der Waals surface area contributed by atoms with E-state index in [4.69, 9.17) is 9.47 Å². The number of hydrogen-bond donors (Lipinski definition) is 0. The summed E-state index contributed by atoms with van der Waals surface area (Å²) in [5.74, 6) is 1.86. The summed E-state index contributed by atoms with van der Waals surface area (Å²) in [7, 11) is 3.19. The van der Waals surface area contributed by atoms with Crippen LogP contribution >= 0.6 is 11.8 Å². The highest BCUT2D eigenvalue weighted by Gasteiger charge is 2.53. The maximum Gasteiger partial charge on any atom is 0.333 e. The zero-order chi connectivity index (χ0) is 18.3. The van der Waals surface area contributed by atoms with E-state index < -0.39 is 6.04 Å². The molecule has 2 atom stereocenters. The maximum absolute atomic E-state index is 13.0. The van der Waals surface area contributed by atoms with Crippen LogP contribution in [0.4, 0.5) is 10.5 Å². The second-order valence-electron chi connectivity index (χ2n) is 6.04. The highest BCUT2D eigenvalue weighted by Crippen LogP contribution is 2.46. The molecule has 2 fully saturated rings. The van der Waals surface area contributed by atoms with Gasteiger partial charge in [0.2, 0.25) is 0 Å². The summed E-state index contributed by atoms with van der Waals surface area (Å²) in [6.45, 7) is 0. The molecule has 2 aromatic carbocycles. The molecule has 0 saturated carbocycles. The predicted molar refractivity (Wildman–Crippen MR) is 99.7 cm³/mol. The first-order valence-electron chi connectivity index (χ1n) is 8.20. The van der Waals surface area contributed by atoms with Crippen LogP contribution in [0.1, 0.15) is 10.9 Å². The van der Waals surface area contributed by atoms with E-state index in [9.17, 15) is 9.59 Å². The Kier molecular flexibility index (Phi) is 4.24. The number of benzene rings is 2. The Labute approximate surface area is 155 Å². The highest BCUT2D eigenvalue weighted by atomic mass is 32.2. The number of nitrogens with zero attached hydrogens (tertiary/aromatic N) is 2. The Hall–Kier alpha value is -2.67. The lowest BCUT2D eigenvalue weighted by molar-refractivity contribution is -0.119. The number of methoxy groups -OCH3 is 2. The van der Waals surface area contributed by atoms with E-state index in [0.717, 1.165) is 11.3 Å². The van der Waals surface area contributed by atoms with E-state index in [1.54, 1.807) is 55.1 Å². The lowest BCUT2D eigenvalue weighted by Crippen LogP contribution is -2.33. The molecule has 0 spiro atoms. The van der Waals surface area contributed by atoms with E-state index in [0.29, 0.717) is 17.2 Å². The van der Waals surface area contributed by atoms with Gasteiger partial charge in [0.25, 0.3) is 5.91 Å². The molecular formula is C19H18N2O4S. The third-order valence-corrected chi connectivity index (χ3v) is 5.97. The Morgan fingerprint density at radius 3 is 2.08 bits per heavy atom. The normalized spacial score (nSPS) is 21.9. The summed E-state index contributed by atoms with van der Waals surface area (Å²) >= 11 is 1.61. The summed E-state index contributed by atoms with van der Waals surface area (Å²) in [5, 5.41) is -0.175. The zero-order valence-corrected chi connectivity index (χ0v) is 15.2. The Bertz CT molecular complexity index is 838.